The first-order valence-corrected chi connectivity index (χ1v) is 2.01. The lowest BCUT2D eigenvalue weighted by molar-refractivity contribution is -0.957. The molecule has 3 heteroatoms. The normalized spacial score (nSPS) is 6.88. The smallest absolute Gasteiger partial charge is 0.245 e. The summed E-state index contributed by atoms with van der Waals surface area (Å²) in [4.78, 5) is 5.07. The summed E-state index contributed by atoms with van der Waals surface area (Å²) in [5.41, 5.74) is 0.711. The fourth-order valence-electron chi connectivity index (χ4n) is 0.183. The second kappa shape index (κ2) is 4.43. The van der Waals surface area contributed by atoms with Crippen LogP contribution in [0.15, 0.2) is 0 Å². The predicted octanol–water partition coefficient (Wildman–Crippen LogP) is 1.07. The summed E-state index contributed by atoms with van der Waals surface area (Å²) in [6.07, 6.45) is 0. The van der Waals surface area contributed by atoms with E-state index in [-0.39, 0.29) is 7.43 Å². The lowest BCUT2D eigenvalue weighted by Crippen LogP contribution is -2.10. The van der Waals surface area contributed by atoms with E-state index in [9.17, 15) is 0 Å². The van der Waals surface area contributed by atoms with Crippen LogP contribution in [0.1, 0.15) is 21.3 Å². The van der Waals surface area contributed by atoms with Crippen molar-refractivity contribution in [1.82, 2.24) is 0 Å². The largest absolute Gasteiger partial charge is 0.259 e. The van der Waals surface area contributed by atoms with Gasteiger partial charge in [0.2, 0.25) is 0 Å². The summed E-state index contributed by atoms with van der Waals surface area (Å²) in [7, 11) is 1.40. The molecule has 0 aliphatic rings. The Morgan fingerprint density at radius 3 is 1.88 bits per heavy atom. The van der Waals surface area contributed by atoms with Crippen LogP contribution in [0.5, 0.6) is 0 Å². The summed E-state index contributed by atoms with van der Waals surface area (Å²) in [5, 5.41) is 8.51. The standard InChI is InChI=1S/C4H10NO2.CH4/c1-4(2)5(6)7-3;/h6H,1-3H3;1H4/q+1;. The molecule has 1 N–H and O–H groups in total. The third-order valence-corrected chi connectivity index (χ3v) is 0.556. The minimum Gasteiger partial charge on any atom is -0.245 e. The van der Waals surface area contributed by atoms with E-state index in [1.807, 2.05) is 0 Å². The van der Waals surface area contributed by atoms with Crippen molar-refractivity contribution in [3.63, 3.8) is 0 Å². The Bertz CT molecular complexity index is 84.4. The van der Waals surface area contributed by atoms with E-state index in [1.165, 1.54) is 7.11 Å². The molecule has 0 saturated carbocycles. The molecule has 3 nitrogen and oxygen atoms in total. The maximum atomic E-state index is 8.51. The van der Waals surface area contributed by atoms with Gasteiger partial charge < -0.3 is 0 Å². The Labute approximate surface area is 50.1 Å². The average molecular weight is 120 g/mol. The maximum absolute atomic E-state index is 8.51. The fraction of sp³-hybridized carbons (Fsp3) is 0.800. The minimum absolute atomic E-state index is 0. The zero-order valence-electron chi connectivity index (χ0n) is 4.80. The first kappa shape index (κ1) is 10.3. The molecule has 50 valence electrons. The van der Waals surface area contributed by atoms with Crippen molar-refractivity contribution in [2.75, 3.05) is 7.11 Å². The molecule has 0 saturated heterocycles. The van der Waals surface area contributed by atoms with E-state index in [2.05, 4.69) is 4.84 Å². The van der Waals surface area contributed by atoms with Gasteiger partial charge in [-0.25, -0.2) is 10.0 Å². The van der Waals surface area contributed by atoms with Crippen LogP contribution >= 0.6 is 0 Å². The van der Waals surface area contributed by atoms with Crippen LogP contribution in [0.4, 0.5) is 0 Å². The summed E-state index contributed by atoms with van der Waals surface area (Å²) < 4.78 is 0. The van der Waals surface area contributed by atoms with Gasteiger partial charge in [0.15, 0.2) is 12.0 Å². The van der Waals surface area contributed by atoms with Crippen molar-refractivity contribution in [2.24, 2.45) is 0 Å². The molecule has 0 aliphatic heterocycles. The second-order valence-corrected chi connectivity index (χ2v) is 1.40. The maximum Gasteiger partial charge on any atom is 0.259 e. The van der Waals surface area contributed by atoms with Gasteiger partial charge in [-0.1, -0.05) is 7.43 Å². The molecule has 0 unspecified atom stereocenters. The van der Waals surface area contributed by atoms with Gasteiger partial charge in [-0.3, -0.25) is 0 Å². The van der Waals surface area contributed by atoms with Gasteiger partial charge in [-0.2, -0.15) is 0 Å². The van der Waals surface area contributed by atoms with Crippen LogP contribution in [0.2, 0.25) is 0 Å². The highest BCUT2D eigenvalue weighted by molar-refractivity contribution is 5.73. The summed E-state index contributed by atoms with van der Waals surface area (Å²) in [6, 6.07) is 0. The summed E-state index contributed by atoms with van der Waals surface area (Å²) in [6.45, 7) is 3.48. The van der Waals surface area contributed by atoms with Gasteiger partial charge in [0, 0.05) is 13.8 Å². The van der Waals surface area contributed by atoms with Gasteiger partial charge >= 0.3 is 0 Å². The first-order chi connectivity index (χ1) is 3.18. The highest BCUT2D eigenvalue weighted by Gasteiger charge is 1.98. The third-order valence-electron chi connectivity index (χ3n) is 0.556. The van der Waals surface area contributed by atoms with Crippen molar-refractivity contribution < 1.29 is 14.9 Å². The lowest BCUT2D eigenvalue weighted by Gasteiger charge is -1.83. The predicted molar refractivity (Wildman–Crippen MR) is 32.1 cm³/mol. The molecule has 0 heterocycles. The van der Waals surface area contributed by atoms with Crippen LogP contribution < -0.4 is 0 Å². The van der Waals surface area contributed by atoms with Gasteiger partial charge in [0.05, 0.1) is 0 Å². The lowest BCUT2D eigenvalue weighted by atomic mass is 10.5. The van der Waals surface area contributed by atoms with Crippen molar-refractivity contribution in [1.29, 1.82) is 0 Å². The Morgan fingerprint density at radius 1 is 1.50 bits per heavy atom. The van der Waals surface area contributed by atoms with Gasteiger partial charge in [-0.05, 0) is 0 Å². The summed E-state index contributed by atoms with van der Waals surface area (Å²) >= 11 is 0. The number of hydrogen-bond acceptors (Lipinski definition) is 2. The van der Waals surface area contributed by atoms with Crippen LogP contribution in [-0.4, -0.2) is 22.9 Å². The van der Waals surface area contributed by atoms with Crippen molar-refractivity contribution in [3.8, 4) is 0 Å². The molecular weight excluding hydrogens is 106 g/mol. The fourth-order valence-corrected chi connectivity index (χ4v) is 0.183. The number of hydrogen-bond donors (Lipinski definition) is 1. The monoisotopic (exact) mass is 120 g/mol. The molecule has 0 rings (SSSR count). The van der Waals surface area contributed by atoms with E-state index in [0.29, 0.717) is 10.6 Å². The Balaban J connectivity index is 0. The van der Waals surface area contributed by atoms with Crippen LogP contribution in [-0.2, 0) is 4.84 Å². The van der Waals surface area contributed by atoms with Crippen LogP contribution in [0.3, 0.4) is 0 Å². The summed E-state index contributed by atoms with van der Waals surface area (Å²) in [5.74, 6) is 0. The van der Waals surface area contributed by atoms with Gasteiger partial charge in [0.1, 0.15) is 0 Å². The Hall–Kier alpha value is -0.730. The van der Waals surface area contributed by atoms with Gasteiger partial charge in [0.25, 0.3) is 5.71 Å². The van der Waals surface area contributed by atoms with Crippen LogP contribution in [0, 0.1) is 0 Å². The van der Waals surface area contributed by atoms with E-state index in [0.717, 1.165) is 0 Å². The van der Waals surface area contributed by atoms with E-state index in [4.69, 9.17) is 5.21 Å². The highest BCUT2D eigenvalue weighted by atomic mass is 16.9. The SMILES string of the molecule is C.CO[N+](O)=C(C)C. The van der Waals surface area contributed by atoms with E-state index < -0.39 is 0 Å². The van der Waals surface area contributed by atoms with Crippen LogP contribution in [0.25, 0.3) is 0 Å². The molecule has 0 aromatic rings. The average Bonchev–Trinajstić information content (AvgIpc) is 1.65. The molecule has 0 spiro atoms. The molecule has 0 fully saturated rings. The van der Waals surface area contributed by atoms with E-state index >= 15 is 0 Å². The Kier molecular flexibility index (Phi) is 5.70. The van der Waals surface area contributed by atoms with E-state index in [1.54, 1.807) is 13.8 Å². The zero-order chi connectivity index (χ0) is 5.86. The number of rotatable bonds is 1. The molecule has 0 aromatic heterocycles. The van der Waals surface area contributed by atoms with Crippen molar-refractivity contribution >= 4 is 5.71 Å². The first-order valence-electron chi connectivity index (χ1n) is 2.01. The molecular formula is C5H14NO2+. The quantitative estimate of drug-likeness (QED) is 0.319. The molecule has 0 bridgehead atoms. The molecule has 0 aliphatic carbocycles. The molecule has 0 aromatic carbocycles. The minimum atomic E-state index is 0. The third kappa shape index (κ3) is 3.46. The van der Waals surface area contributed by atoms with Gasteiger partial charge in [-0.15, -0.1) is 0 Å². The number of nitrogens with zero attached hydrogens (tertiary/aromatic N) is 1. The van der Waals surface area contributed by atoms with Crippen molar-refractivity contribution in [3.05, 3.63) is 0 Å². The zero-order valence-corrected chi connectivity index (χ0v) is 4.80. The van der Waals surface area contributed by atoms with Crippen molar-refractivity contribution in [2.45, 2.75) is 21.3 Å². The molecule has 0 radical (unpaired) electrons. The Morgan fingerprint density at radius 2 is 1.88 bits per heavy atom. The topological polar surface area (TPSA) is 32.5 Å². The molecule has 8 heavy (non-hydrogen) atoms. The molecule has 0 amide bonds. The second-order valence-electron chi connectivity index (χ2n) is 1.40. The molecule has 0 atom stereocenters. The highest BCUT2D eigenvalue weighted by Crippen LogP contribution is 1.70.